The molecule has 1 unspecified atom stereocenters. The van der Waals surface area contributed by atoms with Crippen molar-refractivity contribution in [3.63, 3.8) is 0 Å². The maximum atomic E-state index is 13.8. The lowest BCUT2D eigenvalue weighted by Crippen LogP contribution is -2.39. The molecule has 1 heterocycles. The Hall–Kier alpha value is -3.27. The second kappa shape index (κ2) is 10.6. The van der Waals surface area contributed by atoms with Crippen LogP contribution in [0.1, 0.15) is 32.6 Å². The highest BCUT2D eigenvalue weighted by Gasteiger charge is 2.33. The van der Waals surface area contributed by atoms with Crippen molar-refractivity contribution in [3.05, 3.63) is 93.7 Å². The number of hydrogen-bond donors (Lipinski definition) is 0. The SMILES string of the molecule is COc1ccc(-n2c(C(C)N(CC(C)C)S(=O)(=O)c3ccc(F)cc3)nc3cc(Cl)ccc3c2=O)cc1. The number of methoxy groups -OCH3 is 1. The van der Waals surface area contributed by atoms with Gasteiger partial charge in [-0.2, -0.15) is 4.31 Å². The van der Waals surface area contributed by atoms with E-state index in [2.05, 4.69) is 0 Å². The van der Waals surface area contributed by atoms with Crippen LogP contribution in [0.25, 0.3) is 16.6 Å². The number of nitrogens with zero attached hydrogens (tertiary/aromatic N) is 3. The minimum atomic E-state index is -4.08. The summed E-state index contributed by atoms with van der Waals surface area (Å²) in [6.07, 6.45) is 0. The molecular weight excluding hydrogens is 517 g/mol. The molecule has 1 atom stereocenters. The highest BCUT2D eigenvalue weighted by atomic mass is 35.5. The average molecular weight is 544 g/mol. The maximum absolute atomic E-state index is 13.8. The molecular formula is C27H27ClFN3O4S. The van der Waals surface area contributed by atoms with Crippen molar-refractivity contribution in [3.8, 4) is 11.4 Å². The summed E-state index contributed by atoms with van der Waals surface area (Å²) in [6, 6.07) is 15.4. The average Bonchev–Trinajstić information content (AvgIpc) is 2.87. The second-order valence-corrected chi connectivity index (χ2v) is 11.4. The fourth-order valence-corrected chi connectivity index (χ4v) is 6.05. The van der Waals surface area contributed by atoms with Crippen LogP contribution in [0.15, 0.2) is 76.4 Å². The Kier molecular flexibility index (Phi) is 7.68. The van der Waals surface area contributed by atoms with E-state index in [1.807, 2.05) is 13.8 Å². The molecule has 0 N–H and O–H groups in total. The molecule has 0 spiro atoms. The first kappa shape index (κ1) is 26.8. The van der Waals surface area contributed by atoms with Crippen molar-refractivity contribution < 1.29 is 17.5 Å². The van der Waals surface area contributed by atoms with Gasteiger partial charge in [-0.1, -0.05) is 25.4 Å². The monoisotopic (exact) mass is 543 g/mol. The molecule has 10 heteroatoms. The zero-order chi connectivity index (χ0) is 26.9. The van der Waals surface area contributed by atoms with Crippen LogP contribution in [0.4, 0.5) is 4.39 Å². The van der Waals surface area contributed by atoms with E-state index < -0.39 is 21.9 Å². The molecule has 3 aromatic carbocycles. The van der Waals surface area contributed by atoms with Gasteiger partial charge in [0.2, 0.25) is 10.0 Å². The standard InChI is InChI=1S/C27H27ClFN3O4S/c1-17(2)16-31(37(34,35)23-12-6-20(29)7-13-23)18(3)26-30-25-15-19(28)5-14-24(25)27(33)32(26)21-8-10-22(36-4)11-9-21/h5-15,17-18H,16H2,1-4H3. The zero-order valence-electron chi connectivity index (χ0n) is 20.9. The molecule has 1 aromatic heterocycles. The number of benzene rings is 3. The van der Waals surface area contributed by atoms with Gasteiger partial charge in [-0.05, 0) is 79.6 Å². The van der Waals surface area contributed by atoms with Gasteiger partial charge in [-0.25, -0.2) is 17.8 Å². The Bertz CT molecular complexity index is 1590. The van der Waals surface area contributed by atoms with Crippen LogP contribution in [0.2, 0.25) is 5.02 Å². The smallest absolute Gasteiger partial charge is 0.266 e. The molecule has 0 amide bonds. The van der Waals surface area contributed by atoms with Gasteiger partial charge in [0.05, 0.1) is 34.6 Å². The third-order valence-electron chi connectivity index (χ3n) is 5.96. The third kappa shape index (κ3) is 5.39. The van der Waals surface area contributed by atoms with Crippen LogP contribution in [-0.4, -0.2) is 35.9 Å². The highest BCUT2D eigenvalue weighted by Crippen LogP contribution is 2.30. The van der Waals surface area contributed by atoms with Gasteiger partial charge in [0.1, 0.15) is 17.4 Å². The predicted octanol–water partition coefficient (Wildman–Crippen LogP) is 5.59. The van der Waals surface area contributed by atoms with E-state index in [-0.39, 0.29) is 28.7 Å². The fourth-order valence-electron chi connectivity index (χ4n) is 4.13. The Morgan fingerprint density at radius 1 is 1.03 bits per heavy atom. The van der Waals surface area contributed by atoms with Crippen molar-refractivity contribution >= 4 is 32.5 Å². The number of fused-ring (bicyclic) bond motifs is 1. The molecule has 0 aliphatic carbocycles. The Balaban J connectivity index is 1.97. The largest absolute Gasteiger partial charge is 0.497 e. The Labute approximate surface area is 220 Å². The summed E-state index contributed by atoms with van der Waals surface area (Å²) < 4.78 is 49.1. The molecule has 37 heavy (non-hydrogen) atoms. The molecule has 4 rings (SSSR count). The minimum absolute atomic E-state index is 0.0475. The highest BCUT2D eigenvalue weighted by molar-refractivity contribution is 7.89. The number of ether oxygens (including phenoxy) is 1. The van der Waals surface area contributed by atoms with Gasteiger partial charge in [-0.15, -0.1) is 0 Å². The van der Waals surface area contributed by atoms with Gasteiger partial charge in [0.15, 0.2) is 0 Å². The number of rotatable bonds is 8. The molecule has 0 fully saturated rings. The molecule has 7 nitrogen and oxygen atoms in total. The number of aromatic nitrogens is 2. The zero-order valence-corrected chi connectivity index (χ0v) is 22.4. The van der Waals surface area contributed by atoms with Gasteiger partial charge >= 0.3 is 0 Å². The van der Waals surface area contributed by atoms with Gasteiger partial charge in [0, 0.05) is 11.6 Å². The summed E-state index contributed by atoms with van der Waals surface area (Å²) in [5.41, 5.74) is 0.492. The van der Waals surface area contributed by atoms with E-state index in [0.29, 0.717) is 27.4 Å². The molecule has 0 radical (unpaired) electrons. The maximum Gasteiger partial charge on any atom is 0.266 e. The molecule has 194 valence electrons. The second-order valence-electron chi connectivity index (χ2n) is 9.07. The van der Waals surface area contributed by atoms with Gasteiger partial charge in [-0.3, -0.25) is 9.36 Å². The van der Waals surface area contributed by atoms with E-state index in [4.69, 9.17) is 21.3 Å². The number of halogens is 2. The summed E-state index contributed by atoms with van der Waals surface area (Å²) in [5, 5.41) is 0.742. The molecule has 0 aliphatic rings. The van der Waals surface area contributed by atoms with Gasteiger partial charge < -0.3 is 4.74 Å². The third-order valence-corrected chi connectivity index (χ3v) is 8.14. The lowest BCUT2D eigenvalue weighted by molar-refractivity contribution is 0.296. The van der Waals surface area contributed by atoms with E-state index in [9.17, 15) is 17.6 Å². The normalized spacial score (nSPS) is 12.9. The van der Waals surface area contributed by atoms with Crippen molar-refractivity contribution in [2.45, 2.75) is 31.7 Å². The molecule has 4 aromatic rings. The Morgan fingerprint density at radius 2 is 1.68 bits per heavy atom. The molecule has 0 bridgehead atoms. The molecule has 0 aliphatic heterocycles. The number of sulfonamides is 1. The first-order valence-corrected chi connectivity index (χ1v) is 13.5. The van der Waals surface area contributed by atoms with Crippen molar-refractivity contribution in [1.82, 2.24) is 13.9 Å². The van der Waals surface area contributed by atoms with Crippen molar-refractivity contribution in [2.75, 3.05) is 13.7 Å². The summed E-state index contributed by atoms with van der Waals surface area (Å²) in [5.74, 6) is 0.237. The summed E-state index contributed by atoms with van der Waals surface area (Å²) in [6.45, 7) is 5.61. The van der Waals surface area contributed by atoms with Crippen LogP contribution in [0.3, 0.4) is 0 Å². The van der Waals surface area contributed by atoms with E-state index in [1.54, 1.807) is 56.5 Å². The summed E-state index contributed by atoms with van der Waals surface area (Å²) in [4.78, 5) is 18.5. The van der Waals surface area contributed by atoms with E-state index in [1.165, 1.54) is 21.0 Å². The fraction of sp³-hybridized carbons (Fsp3) is 0.259. The predicted molar refractivity (Wildman–Crippen MR) is 142 cm³/mol. The van der Waals surface area contributed by atoms with E-state index in [0.717, 1.165) is 12.1 Å². The van der Waals surface area contributed by atoms with Crippen LogP contribution < -0.4 is 10.3 Å². The number of hydrogen-bond acceptors (Lipinski definition) is 5. The molecule has 0 saturated carbocycles. The lowest BCUT2D eigenvalue weighted by atomic mass is 10.1. The van der Waals surface area contributed by atoms with Crippen molar-refractivity contribution in [2.24, 2.45) is 5.92 Å². The van der Waals surface area contributed by atoms with Crippen LogP contribution in [0, 0.1) is 11.7 Å². The van der Waals surface area contributed by atoms with Crippen LogP contribution in [-0.2, 0) is 10.0 Å². The van der Waals surface area contributed by atoms with Crippen LogP contribution in [0.5, 0.6) is 5.75 Å². The Morgan fingerprint density at radius 3 is 2.27 bits per heavy atom. The molecule has 0 saturated heterocycles. The topological polar surface area (TPSA) is 81.5 Å². The minimum Gasteiger partial charge on any atom is -0.497 e. The van der Waals surface area contributed by atoms with E-state index >= 15 is 0 Å². The van der Waals surface area contributed by atoms with Gasteiger partial charge in [0.25, 0.3) is 5.56 Å². The van der Waals surface area contributed by atoms with Crippen molar-refractivity contribution in [1.29, 1.82) is 0 Å². The first-order valence-electron chi connectivity index (χ1n) is 11.7. The first-order chi connectivity index (χ1) is 17.5. The lowest BCUT2D eigenvalue weighted by Gasteiger charge is -2.31. The quantitative estimate of drug-likeness (QED) is 0.289. The summed E-state index contributed by atoms with van der Waals surface area (Å²) in [7, 11) is -2.54. The summed E-state index contributed by atoms with van der Waals surface area (Å²) >= 11 is 6.19. The van der Waals surface area contributed by atoms with Crippen LogP contribution >= 0.6 is 11.6 Å².